The number of thiophene rings is 1. The molecule has 1 aliphatic heterocycles. The van der Waals surface area contributed by atoms with Crippen molar-refractivity contribution in [3.8, 4) is 0 Å². The van der Waals surface area contributed by atoms with Gasteiger partial charge in [-0.05, 0) is 43.6 Å². The zero-order valence-electron chi connectivity index (χ0n) is 16.4. The lowest BCUT2D eigenvalue weighted by Crippen LogP contribution is -2.51. The van der Waals surface area contributed by atoms with Crippen molar-refractivity contribution in [3.05, 3.63) is 22.4 Å². The number of guanidine groups is 1. The summed E-state index contributed by atoms with van der Waals surface area (Å²) in [6.45, 7) is 5.01. The van der Waals surface area contributed by atoms with Crippen molar-refractivity contribution in [1.29, 1.82) is 0 Å². The molecular weight excluding hydrogens is 540 g/mol. The van der Waals surface area contributed by atoms with Gasteiger partial charge >= 0.3 is 15.5 Å². The fourth-order valence-corrected chi connectivity index (χ4v) is 4.84. The first-order valence-corrected chi connectivity index (χ1v) is 11.6. The first-order chi connectivity index (χ1) is 13.1. The number of nitrogens with one attached hydrogen (secondary N) is 2. The van der Waals surface area contributed by atoms with Gasteiger partial charge in [-0.1, -0.05) is 13.0 Å². The third-order valence-corrected chi connectivity index (χ3v) is 6.99. The van der Waals surface area contributed by atoms with Crippen LogP contribution in [-0.2, 0) is 16.4 Å². The fraction of sp³-hybridized carbons (Fsp3) is 0.706. The highest BCUT2D eigenvalue weighted by atomic mass is 127. The standard InChI is InChI=1S/C17H27F3N4O2S2.HI/c1-3-21-16(22-12-13(2)11-15-5-4-10-27-15)23-14-6-8-24(9-7-14)28(25,26)17(18,19)20;/h4-5,10,13-14H,3,6-9,11-12H2,1-2H3,(H2,21,22,23);1H. The van der Waals surface area contributed by atoms with Gasteiger partial charge in [-0.2, -0.15) is 17.5 Å². The minimum Gasteiger partial charge on any atom is -0.357 e. The average molecular weight is 568 g/mol. The molecule has 0 amide bonds. The summed E-state index contributed by atoms with van der Waals surface area (Å²) in [5, 5.41) is 8.40. The predicted octanol–water partition coefficient (Wildman–Crippen LogP) is 3.41. The summed E-state index contributed by atoms with van der Waals surface area (Å²) in [4.78, 5) is 5.89. The zero-order valence-corrected chi connectivity index (χ0v) is 20.4. The molecule has 0 spiro atoms. The average Bonchev–Trinajstić information content (AvgIpc) is 3.12. The number of nitrogens with zero attached hydrogens (tertiary/aromatic N) is 2. The van der Waals surface area contributed by atoms with Crippen molar-refractivity contribution in [3.63, 3.8) is 0 Å². The van der Waals surface area contributed by atoms with E-state index in [-0.39, 0.29) is 43.1 Å². The highest BCUT2D eigenvalue weighted by Gasteiger charge is 2.50. The topological polar surface area (TPSA) is 73.8 Å². The van der Waals surface area contributed by atoms with E-state index in [1.807, 2.05) is 18.4 Å². The molecule has 168 valence electrons. The monoisotopic (exact) mass is 568 g/mol. The van der Waals surface area contributed by atoms with E-state index in [0.717, 1.165) is 6.42 Å². The molecule has 0 saturated carbocycles. The van der Waals surface area contributed by atoms with Crippen molar-refractivity contribution in [2.45, 2.75) is 44.7 Å². The molecule has 1 aromatic rings. The van der Waals surface area contributed by atoms with Gasteiger partial charge in [-0.15, -0.1) is 35.3 Å². The molecule has 0 aromatic carbocycles. The minimum atomic E-state index is -5.25. The second kappa shape index (κ2) is 11.7. The van der Waals surface area contributed by atoms with Crippen LogP contribution in [-0.4, -0.2) is 56.4 Å². The van der Waals surface area contributed by atoms with Gasteiger partial charge < -0.3 is 10.6 Å². The molecule has 1 unspecified atom stereocenters. The molecule has 6 nitrogen and oxygen atoms in total. The Labute approximate surface area is 191 Å². The molecule has 2 heterocycles. The van der Waals surface area contributed by atoms with Gasteiger partial charge in [0.05, 0.1) is 0 Å². The number of alkyl halides is 3. The van der Waals surface area contributed by atoms with Crippen LogP contribution in [0.5, 0.6) is 0 Å². The summed E-state index contributed by atoms with van der Waals surface area (Å²) < 4.78 is 61.5. The SMILES string of the molecule is CCNC(=NCC(C)Cc1cccs1)NC1CCN(S(=O)(=O)C(F)(F)F)CC1.I. The first kappa shape index (κ1) is 26.4. The van der Waals surface area contributed by atoms with E-state index in [9.17, 15) is 21.6 Å². The minimum absolute atomic E-state index is 0. The van der Waals surface area contributed by atoms with E-state index < -0.39 is 15.5 Å². The molecule has 0 aliphatic carbocycles. The van der Waals surface area contributed by atoms with Gasteiger partial charge in [-0.3, -0.25) is 4.99 Å². The van der Waals surface area contributed by atoms with Crippen molar-refractivity contribution < 1.29 is 21.6 Å². The first-order valence-electron chi connectivity index (χ1n) is 9.27. The van der Waals surface area contributed by atoms with E-state index in [4.69, 9.17) is 0 Å². The molecule has 1 aromatic heterocycles. The van der Waals surface area contributed by atoms with Gasteiger partial charge in [0, 0.05) is 37.1 Å². The summed E-state index contributed by atoms with van der Waals surface area (Å²) in [5.41, 5.74) is -5.25. The summed E-state index contributed by atoms with van der Waals surface area (Å²) in [5.74, 6) is 0.963. The lowest BCUT2D eigenvalue weighted by molar-refractivity contribution is -0.0494. The Morgan fingerprint density at radius 3 is 2.55 bits per heavy atom. The van der Waals surface area contributed by atoms with Crippen LogP contribution in [0.3, 0.4) is 0 Å². The summed E-state index contributed by atoms with van der Waals surface area (Å²) in [6.07, 6.45) is 1.53. The number of piperidine rings is 1. The maximum absolute atomic E-state index is 12.7. The Morgan fingerprint density at radius 1 is 1.38 bits per heavy atom. The predicted molar refractivity (Wildman–Crippen MR) is 121 cm³/mol. The lowest BCUT2D eigenvalue weighted by Gasteiger charge is -2.32. The molecule has 0 bridgehead atoms. The number of halogens is 4. The van der Waals surface area contributed by atoms with Crippen molar-refractivity contribution in [2.24, 2.45) is 10.9 Å². The second-order valence-electron chi connectivity index (χ2n) is 6.88. The van der Waals surface area contributed by atoms with Crippen LogP contribution in [0.4, 0.5) is 13.2 Å². The normalized spacial score (nSPS) is 18.2. The number of sulfonamides is 1. The third-order valence-electron chi connectivity index (χ3n) is 4.46. The van der Waals surface area contributed by atoms with Crippen molar-refractivity contribution in [1.82, 2.24) is 14.9 Å². The van der Waals surface area contributed by atoms with Gasteiger partial charge in [0.25, 0.3) is 0 Å². The van der Waals surface area contributed by atoms with E-state index in [2.05, 4.69) is 28.6 Å². The Kier molecular flexibility index (Phi) is 10.7. The smallest absolute Gasteiger partial charge is 0.357 e. The Bertz CT molecular complexity index is 734. The Morgan fingerprint density at radius 2 is 2.03 bits per heavy atom. The highest BCUT2D eigenvalue weighted by molar-refractivity contribution is 14.0. The Hall–Kier alpha value is -0.600. The van der Waals surface area contributed by atoms with Crippen molar-refractivity contribution >= 4 is 51.3 Å². The molecular formula is C17H28F3IN4O2S2. The van der Waals surface area contributed by atoms with Gasteiger partial charge in [0.2, 0.25) is 0 Å². The molecule has 1 saturated heterocycles. The third kappa shape index (κ3) is 7.87. The van der Waals surface area contributed by atoms with Crippen LogP contribution < -0.4 is 10.6 Å². The molecule has 12 heteroatoms. The summed E-state index contributed by atoms with van der Waals surface area (Å²) >= 11 is 1.71. The van der Waals surface area contributed by atoms with E-state index in [1.54, 1.807) is 11.3 Å². The summed E-state index contributed by atoms with van der Waals surface area (Å²) in [6, 6.07) is 3.99. The maximum atomic E-state index is 12.7. The molecule has 2 rings (SSSR count). The molecule has 0 radical (unpaired) electrons. The largest absolute Gasteiger partial charge is 0.511 e. The van der Waals surface area contributed by atoms with Crippen LogP contribution in [0, 0.1) is 5.92 Å². The quantitative estimate of drug-likeness (QED) is 0.301. The maximum Gasteiger partial charge on any atom is 0.511 e. The second-order valence-corrected chi connectivity index (χ2v) is 9.84. The fourth-order valence-electron chi connectivity index (χ4n) is 2.98. The molecule has 2 N–H and O–H groups in total. The van der Waals surface area contributed by atoms with Crippen LogP contribution in [0.15, 0.2) is 22.5 Å². The van der Waals surface area contributed by atoms with Gasteiger partial charge in [0.1, 0.15) is 0 Å². The summed E-state index contributed by atoms with van der Waals surface area (Å²) in [7, 11) is -5.25. The van der Waals surface area contributed by atoms with Gasteiger partial charge in [0.15, 0.2) is 5.96 Å². The molecule has 1 atom stereocenters. The molecule has 1 fully saturated rings. The van der Waals surface area contributed by atoms with Crippen LogP contribution in [0.2, 0.25) is 0 Å². The number of aliphatic imine (C=N–C) groups is 1. The van der Waals surface area contributed by atoms with Crippen molar-refractivity contribution in [2.75, 3.05) is 26.2 Å². The lowest BCUT2D eigenvalue weighted by atomic mass is 10.1. The number of rotatable bonds is 7. The molecule has 29 heavy (non-hydrogen) atoms. The van der Waals surface area contributed by atoms with E-state index in [0.29, 0.717) is 42.1 Å². The van der Waals surface area contributed by atoms with E-state index >= 15 is 0 Å². The van der Waals surface area contributed by atoms with Crippen LogP contribution in [0.1, 0.15) is 31.6 Å². The number of hydrogen-bond donors (Lipinski definition) is 2. The van der Waals surface area contributed by atoms with E-state index in [1.165, 1.54) is 4.88 Å². The zero-order chi connectivity index (χ0) is 20.8. The van der Waals surface area contributed by atoms with Crippen LogP contribution >= 0.6 is 35.3 Å². The highest BCUT2D eigenvalue weighted by Crippen LogP contribution is 2.28. The Balaban J connectivity index is 0.00000420. The van der Waals surface area contributed by atoms with Crippen LogP contribution in [0.25, 0.3) is 0 Å². The number of hydrogen-bond acceptors (Lipinski definition) is 4. The molecule has 1 aliphatic rings. The van der Waals surface area contributed by atoms with Gasteiger partial charge in [-0.25, -0.2) is 8.42 Å².